The molecule has 0 spiro atoms. The van der Waals surface area contributed by atoms with Crippen molar-refractivity contribution in [3.05, 3.63) is 84.1 Å². The number of nitrogens with zero attached hydrogens (tertiary/aromatic N) is 2. The molecular weight excluding hydrogens is 406 g/mol. The molecular formula is C25H27N3O4. The Hall–Kier alpha value is -3.61. The Balaban J connectivity index is 1.70. The number of amides is 2. The van der Waals surface area contributed by atoms with Crippen molar-refractivity contribution in [2.45, 2.75) is 44.3 Å². The number of hydrogen-bond acceptors (Lipinski definition) is 5. The quantitative estimate of drug-likeness (QED) is 0.578. The van der Waals surface area contributed by atoms with Gasteiger partial charge in [-0.25, -0.2) is 0 Å². The van der Waals surface area contributed by atoms with Gasteiger partial charge in [0.05, 0.1) is 13.4 Å². The average molecular weight is 434 g/mol. The first-order valence-electron chi connectivity index (χ1n) is 10.8. The molecule has 7 nitrogen and oxygen atoms in total. The second-order valence-corrected chi connectivity index (χ2v) is 7.94. The molecule has 2 aromatic heterocycles. The number of carbonyl (C=O) groups excluding carboxylic acids is 2. The minimum atomic E-state index is -0.844. The van der Waals surface area contributed by atoms with Gasteiger partial charge in [0.2, 0.25) is 5.91 Å². The summed E-state index contributed by atoms with van der Waals surface area (Å²) < 4.78 is 10.6. The van der Waals surface area contributed by atoms with Crippen LogP contribution < -0.4 is 10.1 Å². The van der Waals surface area contributed by atoms with Crippen molar-refractivity contribution in [3.8, 4) is 5.75 Å². The Bertz CT molecular complexity index is 1010. The fourth-order valence-electron chi connectivity index (χ4n) is 4.11. The topological polar surface area (TPSA) is 84.7 Å². The third-order valence-corrected chi connectivity index (χ3v) is 5.77. The lowest BCUT2D eigenvalue weighted by atomic mass is 10.0. The van der Waals surface area contributed by atoms with E-state index in [1.807, 2.05) is 30.3 Å². The predicted octanol–water partition coefficient (Wildman–Crippen LogP) is 4.13. The molecule has 1 N–H and O–H groups in total. The summed E-state index contributed by atoms with van der Waals surface area (Å²) in [6, 6.07) is 13.6. The van der Waals surface area contributed by atoms with Crippen molar-refractivity contribution in [2.75, 3.05) is 7.11 Å². The summed E-state index contributed by atoms with van der Waals surface area (Å²) >= 11 is 0. The number of ether oxygens (including phenoxy) is 1. The molecule has 7 heteroatoms. The lowest BCUT2D eigenvalue weighted by Gasteiger charge is -2.31. The molecule has 0 radical (unpaired) electrons. The van der Waals surface area contributed by atoms with Gasteiger partial charge >= 0.3 is 0 Å². The zero-order valence-corrected chi connectivity index (χ0v) is 18.1. The van der Waals surface area contributed by atoms with Crippen LogP contribution >= 0.6 is 0 Å². The molecule has 166 valence electrons. The van der Waals surface area contributed by atoms with E-state index in [2.05, 4.69) is 10.3 Å². The van der Waals surface area contributed by atoms with Gasteiger partial charge in [-0.1, -0.05) is 31.0 Å². The number of pyridine rings is 1. The molecule has 2 amide bonds. The summed E-state index contributed by atoms with van der Waals surface area (Å²) in [5.74, 6) is 0.334. The number of nitrogens with one attached hydrogen (secondary N) is 1. The standard InChI is InChI=1S/C25H27N3O4/c1-31-21-12-10-18(11-13-21)17-28(25(30)22-9-5-15-32-22)23(19-6-4-14-26-16-19)24(29)27-20-7-2-3-8-20/h4-6,9-16,20,23H,2-3,7-8,17H2,1H3,(H,27,29). The number of carbonyl (C=O) groups is 2. The largest absolute Gasteiger partial charge is 0.497 e. The van der Waals surface area contributed by atoms with Crippen LogP contribution in [0.1, 0.15) is 53.4 Å². The molecule has 1 aromatic carbocycles. The lowest BCUT2D eigenvalue weighted by molar-refractivity contribution is -0.126. The highest BCUT2D eigenvalue weighted by atomic mass is 16.5. The normalized spacial score (nSPS) is 14.7. The third-order valence-electron chi connectivity index (χ3n) is 5.77. The van der Waals surface area contributed by atoms with E-state index in [1.165, 1.54) is 6.26 Å². The van der Waals surface area contributed by atoms with Crippen LogP contribution in [0.5, 0.6) is 5.75 Å². The van der Waals surface area contributed by atoms with Gasteiger partial charge in [-0.3, -0.25) is 14.6 Å². The molecule has 1 atom stereocenters. The summed E-state index contributed by atoms with van der Waals surface area (Å²) in [4.78, 5) is 32.8. The van der Waals surface area contributed by atoms with E-state index in [9.17, 15) is 9.59 Å². The fraction of sp³-hybridized carbons (Fsp3) is 0.320. The van der Waals surface area contributed by atoms with Gasteiger partial charge in [-0.05, 0) is 48.7 Å². The van der Waals surface area contributed by atoms with E-state index < -0.39 is 6.04 Å². The van der Waals surface area contributed by atoms with Crippen LogP contribution in [-0.4, -0.2) is 34.8 Å². The minimum Gasteiger partial charge on any atom is -0.497 e. The SMILES string of the molecule is COc1ccc(CN(C(=O)c2ccco2)C(C(=O)NC2CCCC2)c2cccnc2)cc1. The summed E-state index contributed by atoms with van der Waals surface area (Å²) in [6.07, 6.45) is 8.85. The summed E-state index contributed by atoms with van der Waals surface area (Å²) in [7, 11) is 1.60. The number of aromatic nitrogens is 1. The lowest BCUT2D eigenvalue weighted by Crippen LogP contribution is -2.45. The Kier molecular flexibility index (Phi) is 6.84. The van der Waals surface area contributed by atoms with Crippen LogP contribution in [0, 0.1) is 0 Å². The molecule has 1 saturated carbocycles. The van der Waals surface area contributed by atoms with E-state index in [0.29, 0.717) is 5.56 Å². The van der Waals surface area contributed by atoms with E-state index in [0.717, 1.165) is 37.0 Å². The number of hydrogen-bond donors (Lipinski definition) is 1. The van der Waals surface area contributed by atoms with Crippen molar-refractivity contribution in [2.24, 2.45) is 0 Å². The molecule has 3 aromatic rings. The highest BCUT2D eigenvalue weighted by Gasteiger charge is 2.34. The van der Waals surface area contributed by atoms with Gasteiger partial charge < -0.3 is 19.4 Å². The van der Waals surface area contributed by atoms with Crippen LogP contribution in [0.3, 0.4) is 0 Å². The van der Waals surface area contributed by atoms with Crippen molar-refractivity contribution >= 4 is 11.8 Å². The molecule has 1 aliphatic carbocycles. The molecule has 2 heterocycles. The Morgan fingerprint density at radius 3 is 2.56 bits per heavy atom. The highest BCUT2D eigenvalue weighted by Crippen LogP contribution is 2.27. The summed E-state index contributed by atoms with van der Waals surface area (Å²) in [5.41, 5.74) is 1.52. The maximum Gasteiger partial charge on any atom is 0.290 e. The van der Waals surface area contributed by atoms with Crippen molar-refractivity contribution < 1.29 is 18.7 Å². The number of rotatable bonds is 8. The number of benzene rings is 1. The first-order chi connectivity index (χ1) is 15.7. The third kappa shape index (κ3) is 4.99. The first kappa shape index (κ1) is 21.6. The van der Waals surface area contributed by atoms with Crippen LogP contribution in [0.4, 0.5) is 0 Å². The second kappa shape index (κ2) is 10.1. The monoisotopic (exact) mass is 433 g/mol. The van der Waals surface area contributed by atoms with E-state index in [1.54, 1.807) is 42.6 Å². The van der Waals surface area contributed by atoms with Gasteiger partial charge in [0.25, 0.3) is 5.91 Å². The predicted molar refractivity (Wildman–Crippen MR) is 119 cm³/mol. The van der Waals surface area contributed by atoms with Gasteiger partial charge in [0, 0.05) is 30.5 Å². The smallest absolute Gasteiger partial charge is 0.290 e. The maximum absolute atomic E-state index is 13.5. The minimum absolute atomic E-state index is 0.128. The zero-order valence-electron chi connectivity index (χ0n) is 18.1. The molecule has 32 heavy (non-hydrogen) atoms. The van der Waals surface area contributed by atoms with Crippen LogP contribution in [0.2, 0.25) is 0 Å². The van der Waals surface area contributed by atoms with Crippen molar-refractivity contribution in [3.63, 3.8) is 0 Å². The van der Waals surface area contributed by atoms with Crippen LogP contribution in [-0.2, 0) is 11.3 Å². The Labute approximate surface area is 187 Å². The summed E-state index contributed by atoms with van der Waals surface area (Å²) in [6.45, 7) is 0.223. The summed E-state index contributed by atoms with van der Waals surface area (Å²) in [5, 5.41) is 3.15. The van der Waals surface area contributed by atoms with E-state index in [4.69, 9.17) is 9.15 Å². The first-order valence-corrected chi connectivity index (χ1v) is 10.8. The van der Waals surface area contributed by atoms with Gasteiger partial charge in [-0.15, -0.1) is 0 Å². The van der Waals surface area contributed by atoms with Crippen molar-refractivity contribution in [1.29, 1.82) is 0 Å². The van der Waals surface area contributed by atoms with Gasteiger partial charge in [0.1, 0.15) is 11.8 Å². The van der Waals surface area contributed by atoms with Crippen molar-refractivity contribution in [1.82, 2.24) is 15.2 Å². The van der Waals surface area contributed by atoms with E-state index in [-0.39, 0.29) is 30.2 Å². The number of furan rings is 1. The Morgan fingerprint density at radius 2 is 1.94 bits per heavy atom. The molecule has 0 saturated heterocycles. The van der Waals surface area contributed by atoms with Gasteiger partial charge in [-0.2, -0.15) is 0 Å². The molecule has 0 bridgehead atoms. The molecule has 1 fully saturated rings. The van der Waals surface area contributed by atoms with Gasteiger partial charge in [0.15, 0.2) is 5.76 Å². The van der Waals surface area contributed by atoms with Crippen LogP contribution in [0.15, 0.2) is 71.6 Å². The molecule has 1 unspecified atom stereocenters. The Morgan fingerprint density at radius 1 is 1.16 bits per heavy atom. The molecule has 4 rings (SSSR count). The fourth-order valence-corrected chi connectivity index (χ4v) is 4.11. The highest BCUT2D eigenvalue weighted by molar-refractivity contribution is 5.96. The molecule has 1 aliphatic rings. The van der Waals surface area contributed by atoms with E-state index >= 15 is 0 Å². The average Bonchev–Trinajstić information content (AvgIpc) is 3.54. The molecule has 0 aliphatic heterocycles. The van der Waals surface area contributed by atoms with Crippen LogP contribution in [0.25, 0.3) is 0 Å². The second-order valence-electron chi connectivity index (χ2n) is 7.94. The maximum atomic E-state index is 13.5. The number of methoxy groups -OCH3 is 1. The zero-order chi connectivity index (χ0) is 22.3.